The minimum absolute atomic E-state index is 0.587. The van der Waals surface area contributed by atoms with E-state index in [2.05, 4.69) is 10.0 Å². The number of aryl methyl sites for hydroxylation is 1. The van der Waals surface area contributed by atoms with Crippen molar-refractivity contribution in [3.63, 3.8) is 0 Å². The van der Waals surface area contributed by atoms with E-state index in [1.165, 1.54) is 6.08 Å². The lowest BCUT2D eigenvalue weighted by Crippen LogP contribution is -1.84. The lowest BCUT2D eigenvalue weighted by atomic mass is 10.1. The van der Waals surface area contributed by atoms with Crippen molar-refractivity contribution < 1.29 is 4.79 Å². The van der Waals surface area contributed by atoms with Crippen LogP contribution in [0, 0.1) is 6.92 Å². The van der Waals surface area contributed by atoms with Gasteiger partial charge in [-0.05, 0) is 34.8 Å². The van der Waals surface area contributed by atoms with Crippen LogP contribution >= 0.6 is 0 Å². The summed E-state index contributed by atoms with van der Waals surface area (Å²) in [5.41, 5.74) is 10.00. The molecule has 1 rings (SSSR count). The van der Waals surface area contributed by atoms with Crippen LogP contribution < -0.4 is 0 Å². The minimum Gasteiger partial charge on any atom is -0.288 e. The summed E-state index contributed by atoms with van der Waals surface area (Å²) in [6, 6.07) is 7.62. The summed E-state index contributed by atoms with van der Waals surface area (Å²) in [6.07, 6.45) is 2.88. The molecule has 0 unspecified atom stereocenters. The van der Waals surface area contributed by atoms with Gasteiger partial charge in [0.25, 0.3) is 0 Å². The van der Waals surface area contributed by atoms with Gasteiger partial charge in [-0.1, -0.05) is 30.3 Å². The Kier molecular flexibility index (Phi) is 3.47. The third-order valence-electron chi connectivity index (χ3n) is 1.74. The van der Waals surface area contributed by atoms with Crippen LogP contribution in [-0.4, -0.2) is 5.91 Å². The van der Waals surface area contributed by atoms with Crippen molar-refractivity contribution in [3.8, 4) is 0 Å². The fraction of sp³-hybridized carbons (Fsp3) is 0.100. The second kappa shape index (κ2) is 4.84. The number of amides is 1. The molecule has 0 saturated carbocycles. The highest BCUT2D eigenvalue weighted by atomic mass is 16.1. The number of nitrogens with zero attached hydrogens (tertiary/aromatic N) is 3. The van der Waals surface area contributed by atoms with E-state index in [0.29, 0.717) is 0 Å². The molecule has 0 aromatic heterocycles. The Labute approximate surface area is 81.5 Å². The molecule has 4 nitrogen and oxygen atoms in total. The van der Waals surface area contributed by atoms with Gasteiger partial charge in [-0.3, -0.25) is 4.79 Å². The number of hydrogen-bond acceptors (Lipinski definition) is 1. The molecule has 70 valence electrons. The smallest absolute Gasteiger partial charge is 0.242 e. The third-order valence-corrected chi connectivity index (χ3v) is 1.74. The highest BCUT2D eigenvalue weighted by Gasteiger charge is 1.92. The summed E-state index contributed by atoms with van der Waals surface area (Å²) in [6.45, 7) is 1.94. The van der Waals surface area contributed by atoms with Crippen LogP contribution in [0.15, 0.2) is 35.5 Å². The lowest BCUT2D eigenvalue weighted by Gasteiger charge is -1.96. The molecule has 14 heavy (non-hydrogen) atoms. The molecule has 0 bridgehead atoms. The Balaban J connectivity index is 2.83. The Morgan fingerprint density at radius 1 is 1.50 bits per heavy atom. The van der Waals surface area contributed by atoms with Gasteiger partial charge in [-0.15, -0.1) is 0 Å². The second-order valence-electron chi connectivity index (χ2n) is 2.72. The van der Waals surface area contributed by atoms with Gasteiger partial charge in [0, 0.05) is 4.91 Å². The average Bonchev–Trinajstić information content (AvgIpc) is 2.17. The van der Waals surface area contributed by atoms with E-state index >= 15 is 0 Å². The largest absolute Gasteiger partial charge is 0.288 e. The molecule has 0 spiro atoms. The summed E-state index contributed by atoms with van der Waals surface area (Å²) in [5, 5.41) is 2.92. The van der Waals surface area contributed by atoms with Gasteiger partial charge in [-0.2, -0.15) is 0 Å². The summed E-state index contributed by atoms with van der Waals surface area (Å²) in [7, 11) is 0. The SMILES string of the molecule is Cc1ccccc1C=CC(=O)N=[N+]=[N-]. The standard InChI is InChI=1S/C10H9N3O/c1-8-4-2-3-5-9(8)6-7-10(14)12-13-11/h2-7H,1H3. The van der Waals surface area contributed by atoms with Crippen molar-refractivity contribution in [2.45, 2.75) is 6.92 Å². The number of carbonyl (C=O) groups excluding carboxylic acids is 1. The number of azide groups is 1. The van der Waals surface area contributed by atoms with Crippen molar-refractivity contribution in [1.82, 2.24) is 0 Å². The van der Waals surface area contributed by atoms with Crippen LogP contribution in [0.5, 0.6) is 0 Å². The van der Waals surface area contributed by atoms with E-state index in [4.69, 9.17) is 5.53 Å². The van der Waals surface area contributed by atoms with Gasteiger partial charge in [0.15, 0.2) is 0 Å². The van der Waals surface area contributed by atoms with E-state index in [1.54, 1.807) is 6.08 Å². The van der Waals surface area contributed by atoms with E-state index in [9.17, 15) is 4.79 Å². The predicted molar refractivity (Wildman–Crippen MR) is 54.4 cm³/mol. The van der Waals surface area contributed by atoms with Gasteiger partial charge < -0.3 is 0 Å². The normalized spacial score (nSPS) is 9.79. The molecule has 0 saturated heterocycles. The number of rotatable bonds is 2. The van der Waals surface area contributed by atoms with Crippen LogP contribution in [0.2, 0.25) is 0 Å². The molecule has 0 aliphatic rings. The molecule has 1 aromatic rings. The number of carbonyl (C=O) groups is 1. The minimum atomic E-state index is -0.587. The molecule has 0 fully saturated rings. The maximum Gasteiger partial charge on any atom is 0.242 e. The topological polar surface area (TPSA) is 65.8 Å². The molecule has 0 atom stereocenters. The third kappa shape index (κ3) is 2.77. The summed E-state index contributed by atoms with van der Waals surface area (Å²) in [5.74, 6) is -0.587. The van der Waals surface area contributed by atoms with Crippen LogP contribution in [0.4, 0.5) is 0 Å². The maximum atomic E-state index is 10.8. The zero-order chi connectivity index (χ0) is 10.4. The predicted octanol–water partition coefficient (Wildman–Crippen LogP) is 2.85. The van der Waals surface area contributed by atoms with E-state index in [0.717, 1.165) is 11.1 Å². The molecular formula is C10H9N3O. The quantitative estimate of drug-likeness (QED) is 0.304. The van der Waals surface area contributed by atoms with Gasteiger partial charge in [0.05, 0.1) is 0 Å². The maximum absolute atomic E-state index is 10.8. The lowest BCUT2D eigenvalue weighted by molar-refractivity contribution is -0.113. The first kappa shape index (κ1) is 10.0. The Morgan fingerprint density at radius 2 is 2.21 bits per heavy atom. The van der Waals surface area contributed by atoms with Crippen molar-refractivity contribution in [1.29, 1.82) is 0 Å². The Bertz CT molecular complexity index is 417. The van der Waals surface area contributed by atoms with Crippen molar-refractivity contribution in [3.05, 3.63) is 51.9 Å². The van der Waals surface area contributed by atoms with Gasteiger partial charge in [0.1, 0.15) is 0 Å². The van der Waals surface area contributed by atoms with E-state index in [1.807, 2.05) is 31.2 Å². The van der Waals surface area contributed by atoms with Crippen LogP contribution in [0.25, 0.3) is 16.5 Å². The number of benzene rings is 1. The molecule has 0 aliphatic carbocycles. The van der Waals surface area contributed by atoms with Crippen LogP contribution in [0.3, 0.4) is 0 Å². The monoisotopic (exact) mass is 187 g/mol. The van der Waals surface area contributed by atoms with E-state index in [-0.39, 0.29) is 0 Å². The molecule has 0 N–H and O–H groups in total. The Hall–Kier alpha value is -2.06. The zero-order valence-electron chi connectivity index (χ0n) is 7.71. The average molecular weight is 187 g/mol. The highest BCUT2D eigenvalue weighted by Crippen LogP contribution is 2.08. The number of hydrogen-bond donors (Lipinski definition) is 0. The molecule has 4 heteroatoms. The summed E-state index contributed by atoms with van der Waals surface area (Å²) < 4.78 is 0. The van der Waals surface area contributed by atoms with Crippen molar-refractivity contribution in [2.24, 2.45) is 5.11 Å². The van der Waals surface area contributed by atoms with E-state index < -0.39 is 5.91 Å². The van der Waals surface area contributed by atoms with Crippen LogP contribution in [0.1, 0.15) is 11.1 Å². The first-order valence-corrected chi connectivity index (χ1v) is 4.07. The fourth-order valence-corrected chi connectivity index (χ4v) is 1.01. The van der Waals surface area contributed by atoms with Gasteiger partial charge in [0.2, 0.25) is 5.91 Å². The molecule has 0 aliphatic heterocycles. The Morgan fingerprint density at radius 3 is 2.86 bits per heavy atom. The highest BCUT2D eigenvalue weighted by molar-refractivity contribution is 5.92. The molecule has 1 aromatic carbocycles. The molecule has 0 heterocycles. The second-order valence-corrected chi connectivity index (χ2v) is 2.72. The van der Waals surface area contributed by atoms with Gasteiger partial charge >= 0.3 is 0 Å². The summed E-state index contributed by atoms with van der Waals surface area (Å²) >= 11 is 0. The van der Waals surface area contributed by atoms with Crippen molar-refractivity contribution >= 4 is 12.0 Å². The molecule has 1 amide bonds. The van der Waals surface area contributed by atoms with Gasteiger partial charge in [-0.25, -0.2) is 0 Å². The zero-order valence-corrected chi connectivity index (χ0v) is 7.71. The fourth-order valence-electron chi connectivity index (χ4n) is 1.01. The first-order chi connectivity index (χ1) is 6.74. The molecular weight excluding hydrogens is 178 g/mol. The summed E-state index contributed by atoms with van der Waals surface area (Å²) in [4.78, 5) is 13.2. The molecule has 0 radical (unpaired) electrons. The van der Waals surface area contributed by atoms with Crippen molar-refractivity contribution in [2.75, 3.05) is 0 Å². The van der Waals surface area contributed by atoms with Crippen LogP contribution in [-0.2, 0) is 4.79 Å². The first-order valence-electron chi connectivity index (χ1n) is 4.07.